The predicted octanol–water partition coefficient (Wildman–Crippen LogP) is 3.38. The molecular formula is C14H18N2OS. The second-order valence-electron chi connectivity index (χ2n) is 4.64. The molecule has 1 N–H and O–H groups in total. The average molecular weight is 262 g/mol. The maximum absolute atomic E-state index is 12.0. The third kappa shape index (κ3) is 2.88. The number of nitrogens with one attached hydrogen (secondary N) is 1. The fourth-order valence-corrected chi connectivity index (χ4v) is 2.56. The first-order chi connectivity index (χ1) is 8.60. The zero-order chi connectivity index (χ0) is 13.1. The van der Waals surface area contributed by atoms with Crippen molar-refractivity contribution in [3.8, 4) is 0 Å². The van der Waals surface area contributed by atoms with Crippen LogP contribution in [0, 0.1) is 12.8 Å². The molecule has 2 rings (SSSR count). The van der Waals surface area contributed by atoms with Crippen molar-refractivity contribution in [1.82, 2.24) is 10.3 Å². The van der Waals surface area contributed by atoms with Crippen molar-refractivity contribution in [2.75, 3.05) is 6.54 Å². The van der Waals surface area contributed by atoms with E-state index in [-0.39, 0.29) is 5.91 Å². The predicted molar refractivity (Wildman–Crippen MR) is 76.1 cm³/mol. The highest BCUT2D eigenvalue weighted by Crippen LogP contribution is 2.22. The number of amides is 1. The molecule has 0 aliphatic rings. The largest absolute Gasteiger partial charge is 0.352 e. The maximum Gasteiger partial charge on any atom is 0.251 e. The van der Waals surface area contributed by atoms with Crippen LogP contribution in [0.2, 0.25) is 0 Å². The SMILES string of the molecule is CCC(C)CNC(=O)c1ccc2nc(C)sc2c1. The zero-order valence-corrected chi connectivity index (χ0v) is 11.8. The fourth-order valence-electron chi connectivity index (χ4n) is 1.69. The molecule has 3 nitrogen and oxygen atoms in total. The summed E-state index contributed by atoms with van der Waals surface area (Å²) in [6.07, 6.45) is 1.08. The number of aromatic nitrogens is 1. The summed E-state index contributed by atoms with van der Waals surface area (Å²) < 4.78 is 1.07. The van der Waals surface area contributed by atoms with Crippen LogP contribution < -0.4 is 5.32 Å². The van der Waals surface area contributed by atoms with Gasteiger partial charge in [0.15, 0.2) is 0 Å². The van der Waals surface area contributed by atoms with Gasteiger partial charge in [0.1, 0.15) is 0 Å². The van der Waals surface area contributed by atoms with Gasteiger partial charge in [-0.1, -0.05) is 20.3 Å². The van der Waals surface area contributed by atoms with E-state index in [9.17, 15) is 4.79 Å². The first kappa shape index (κ1) is 13.0. The second-order valence-corrected chi connectivity index (χ2v) is 5.87. The van der Waals surface area contributed by atoms with Crippen LogP contribution in [0.1, 0.15) is 35.6 Å². The van der Waals surface area contributed by atoms with E-state index in [4.69, 9.17) is 0 Å². The minimum Gasteiger partial charge on any atom is -0.352 e. The summed E-state index contributed by atoms with van der Waals surface area (Å²) in [5.41, 5.74) is 1.69. The van der Waals surface area contributed by atoms with Gasteiger partial charge in [-0.25, -0.2) is 4.98 Å². The van der Waals surface area contributed by atoms with Crippen molar-refractivity contribution < 1.29 is 4.79 Å². The van der Waals surface area contributed by atoms with Crippen LogP contribution >= 0.6 is 11.3 Å². The topological polar surface area (TPSA) is 42.0 Å². The molecule has 96 valence electrons. The van der Waals surface area contributed by atoms with Gasteiger partial charge < -0.3 is 5.32 Å². The Balaban J connectivity index is 2.12. The summed E-state index contributed by atoms with van der Waals surface area (Å²) in [6.45, 7) is 6.97. The van der Waals surface area contributed by atoms with Gasteiger partial charge in [0.25, 0.3) is 5.91 Å². The van der Waals surface area contributed by atoms with Crippen molar-refractivity contribution >= 4 is 27.5 Å². The average Bonchev–Trinajstić information content (AvgIpc) is 2.74. The molecule has 0 bridgehead atoms. The first-order valence-electron chi connectivity index (χ1n) is 6.25. The Morgan fingerprint density at radius 1 is 1.50 bits per heavy atom. The fraction of sp³-hybridized carbons (Fsp3) is 0.429. The molecule has 2 aromatic rings. The van der Waals surface area contributed by atoms with Gasteiger partial charge in [-0.15, -0.1) is 11.3 Å². The quantitative estimate of drug-likeness (QED) is 0.917. The Morgan fingerprint density at radius 3 is 3.00 bits per heavy atom. The van der Waals surface area contributed by atoms with Crippen LogP contribution in [0.4, 0.5) is 0 Å². The lowest BCUT2D eigenvalue weighted by Gasteiger charge is -2.09. The molecule has 0 radical (unpaired) electrons. The number of carbonyl (C=O) groups is 1. The van der Waals surface area contributed by atoms with Crippen LogP contribution in [0.3, 0.4) is 0 Å². The van der Waals surface area contributed by atoms with E-state index in [0.717, 1.165) is 33.8 Å². The highest BCUT2D eigenvalue weighted by molar-refractivity contribution is 7.18. The van der Waals surface area contributed by atoms with E-state index in [2.05, 4.69) is 24.1 Å². The Morgan fingerprint density at radius 2 is 2.28 bits per heavy atom. The number of carbonyl (C=O) groups excluding carboxylic acids is 1. The van der Waals surface area contributed by atoms with E-state index in [1.54, 1.807) is 11.3 Å². The number of hydrogen-bond donors (Lipinski definition) is 1. The first-order valence-corrected chi connectivity index (χ1v) is 7.07. The molecule has 1 unspecified atom stereocenters. The Kier molecular flexibility index (Phi) is 3.97. The minimum absolute atomic E-state index is 0.00301. The number of thiazole rings is 1. The molecule has 4 heteroatoms. The molecule has 1 aromatic carbocycles. The monoisotopic (exact) mass is 262 g/mol. The molecule has 0 fully saturated rings. The molecule has 1 atom stereocenters. The van der Waals surface area contributed by atoms with Gasteiger partial charge in [-0.05, 0) is 31.0 Å². The van der Waals surface area contributed by atoms with Crippen LogP contribution in [0.5, 0.6) is 0 Å². The second kappa shape index (κ2) is 5.48. The van der Waals surface area contributed by atoms with Crippen molar-refractivity contribution in [3.63, 3.8) is 0 Å². The van der Waals surface area contributed by atoms with Crippen LogP contribution in [-0.2, 0) is 0 Å². The van der Waals surface area contributed by atoms with E-state index in [1.807, 2.05) is 25.1 Å². The number of benzene rings is 1. The van der Waals surface area contributed by atoms with E-state index in [0.29, 0.717) is 5.92 Å². The minimum atomic E-state index is 0.00301. The molecule has 1 aromatic heterocycles. The van der Waals surface area contributed by atoms with Crippen LogP contribution in [0.15, 0.2) is 18.2 Å². The van der Waals surface area contributed by atoms with Crippen LogP contribution in [-0.4, -0.2) is 17.4 Å². The normalized spacial score (nSPS) is 12.6. The third-order valence-electron chi connectivity index (χ3n) is 3.07. The molecule has 0 saturated heterocycles. The Bertz CT molecular complexity index is 562. The highest BCUT2D eigenvalue weighted by atomic mass is 32.1. The van der Waals surface area contributed by atoms with E-state index in [1.165, 1.54) is 0 Å². The number of nitrogens with zero attached hydrogens (tertiary/aromatic N) is 1. The summed E-state index contributed by atoms with van der Waals surface area (Å²) in [4.78, 5) is 16.4. The smallest absolute Gasteiger partial charge is 0.251 e. The maximum atomic E-state index is 12.0. The molecule has 1 amide bonds. The van der Waals surface area contributed by atoms with Gasteiger partial charge in [0.05, 0.1) is 15.2 Å². The lowest BCUT2D eigenvalue weighted by atomic mass is 10.1. The van der Waals surface area contributed by atoms with Gasteiger partial charge in [-0.3, -0.25) is 4.79 Å². The lowest BCUT2D eigenvalue weighted by molar-refractivity contribution is 0.0948. The molecular weight excluding hydrogens is 244 g/mol. The molecule has 0 aliphatic heterocycles. The Labute approximate surface area is 111 Å². The Hall–Kier alpha value is -1.42. The number of rotatable bonds is 4. The van der Waals surface area contributed by atoms with Crippen LogP contribution in [0.25, 0.3) is 10.2 Å². The van der Waals surface area contributed by atoms with Gasteiger partial charge in [0.2, 0.25) is 0 Å². The summed E-state index contributed by atoms with van der Waals surface area (Å²) in [6, 6.07) is 5.68. The summed E-state index contributed by atoms with van der Waals surface area (Å²) in [5, 5.41) is 4.00. The molecule has 0 aliphatic carbocycles. The van der Waals surface area contributed by atoms with Gasteiger partial charge >= 0.3 is 0 Å². The number of aryl methyl sites for hydroxylation is 1. The van der Waals surface area contributed by atoms with E-state index < -0.39 is 0 Å². The molecule has 18 heavy (non-hydrogen) atoms. The van der Waals surface area contributed by atoms with Gasteiger partial charge in [0, 0.05) is 12.1 Å². The summed E-state index contributed by atoms with van der Waals surface area (Å²) in [5.74, 6) is 0.520. The van der Waals surface area contributed by atoms with Crippen molar-refractivity contribution in [1.29, 1.82) is 0 Å². The number of hydrogen-bond acceptors (Lipinski definition) is 3. The van der Waals surface area contributed by atoms with Crippen molar-refractivity contribution in [3.05, 3.63) is 28.8 Å². The summed E-state index contributed by atoms with van der Waals surface area (Å²) >= 11 is 1.62. The third-order valence-corrected chi connectivity index (χ3v) is 4.00. The summed E-state index contributed by atoms with van der Waals surface area (Å²) in [7, 11) is 0. The number of fused-ring (bicyclic) bond motifs is 1. The molecule has 0 saturated carbocycles. The zero-order valence-electron chi connectivity index (χ0n) is 11.0. The van der Waals surface area contributed by atoms with E-state index >= 15 is 0 Å². The molecule has 1 heterocycles. The van der Waals surface area contributed by atoms with Crippen molar-refractivity contribution in [2.45, 2.75) is 27.2 Å². The lowest BCUT2D eigenvalue weighted by Crippen LogP contribution is -2.27. The van der Waals surface area contributed by atoms with Crippen molar-refractivity contribution in [2.24, 2.45) is 5.92 Å². The standard InChI is InChI=1S/C14H18N2OS/c1-4-9(2)8-15-14(17)11-5-6-12-13(7-11)18-10(3)16-12/h5-7,9H,4,8H2,1-3H3,(H,15,17). The molecule has 0 spiro atoms. The van der Waals surface area contributed by atoms with Gasteiger partial charge in [-0.2, -0.15) is 0 Å². The highest BCUT2D eigenvalue weighted by Gasteiger charge is 2.09.